The molecule has 0 aliphatic heterocycles. The zero-order valence-corrected chi connectivity index (χ0v) is 11.9. The molecular weight excluding hydrogens is 430 g/mol. The molecule has 0 saturated carbocycles. The van der Waals surface area contributed by atoms with Crippen molar-refractivity contribution in [2.75, 3.05) is 0 Å². The van der Waals surface area contributed by atoms with Gasteiger partial charge in [-0.1, -0.05) is 6.92 Å². The molecule has 0 aromatic heterocycles. The van der Waals surface area contributed by atoms with Gasteiger partial charge in [0.15, 0.2) is 0 Å². The molecule has 0 aliphatic carbocycles. The van der Waals surface area contributed by atoms with Gasteiger partial charge in [-0.15, -0.1) is 26.5 Å². The Bertz CT molecular complexity index is 11.6. The number of alkyl halides is 1. The fraction of sp³-hybridized carbons (Fsp3) is 0.667. The van der Waals surface area contributed by atoms with Gasteiger partial charge in [-0.3, -0.25) is 0 Å². The first-order valence-electron chi connectivity index (χ1n) is 1.20. The standard InChI is InChI=1S/C3H6I.Rf/c1-3(2)4;/h3H,1H2,2H3;/q-1;. The van der Waals surface area contributed by atoms with E-state index in [0.29, 0.717) is 3.92 Å². The van der Waals surface area contributed by atoms with Gasteiger partial charge in [0.05, 0.1) is 0 Å². The van der Waals surface area contributed by atoms with Crippen molar-refractivity contribution in [2.24, 2.45) is 0 Å². The minimum absolute atomic E-state index is 0. The van der Waals surface area contributed by atoms with Crippen molar-refractivity contribution in [3.8, 4) is 0 Å². The molecule has 28 valence electrons. The molecule has 0 heterocycles. The van der Waals surface area contributed by atoms with Crippen LogP contribution in [0.2, 0.25) is 0 Å². The van der Waals surface area contributed by atoms with E-state index in [-0.39, 0.29) is 0 Å². The van der Waals surface area contributed by atoms with Gasteiger partial charge in [-0.2, -0.15) is 0 Å². The van der Waals surface area contributed by atoms with E-state index < -0.39 is 0 Å². The fourth-order valence-corrected chi connectivity index (χ4v) is 0. The smallest absolute Gasteiger partial charge is 0 e. The molecule has 0 spiro atoms. The van der Waals surface area contributed by atoms with Gasteiger partial charge in [0, 0.05) is 0 Å². The van der Waals surface area contributed by atoms with Crippen molar-refractivity contribution in [3.05, 3.63) is 6.92 Å². The minimum atomic E-state index is 0. The summed E-state index contributed by atoms with van der Waals surface area (Å²) in [7, 11) is 0. The number of rotatable bonds is 0. The second-order valence-electron chi connectivity index (χ2n) is 0.781. The summed E-state index contributed by atoms with van der Waals surface area (Å²) in [6.45, 7) is 5.67. The summed E-state index contributed by atoms with van der Waals surface area (Å²) in [5, 5.41) is 0. The molecule has 0 N–H and O–H groups in total. The van der Waals surface area contributed by atoms with Crippen molar-refractivity contribution in [1.29, 1.82) is 0 Å². The Morgan fingerprint density at radius 1 is 1.80 bits per heavy atom. The molecule has 0 aromatic rings. The maximum absolute atomic E-state index is 3.63. The van der Waals surface area contributed by atoms with E-state index in [1.807, 2.05) is 6.92 Å². The normalized spacial score (nSPS) is 12.6. The van der Waals surface area contributed by atoms with E-state index in [4.69, 9.17) is 0 Å². The Balaban J connectivity index is 0. The summed E-state index contributed by atoms with van der Waals surface area (Å²) < 4.78 is 0.553. The summed E-state index contributed by atoms with van der Waals surface area (Å²) in [6, 6.07) is 0. The van der Waals surface area contributed by atoms with Crippen molar-refractivity contribution in [1.82, 2.24) is 0 Å². The molecule has 0 nitrogen and oxygen atoms in total. The Morgan fingerprint density at radius 2 is 1.80 bits per heavy atom. The molecule has 0 fully saturated rings. The van der Waals surface area contributed by atoms with Gasteiger partial charge >= 0.3 is 0 Å². The third-order valence-electron chi connectivity index (χ3n) is 0. The maximum Gasteiger partial charge on any atom is 0 e. The van der Waals surface area contributed by atoms with Crippen molar-refractivity contribution < 1.29 is 0 Å². The van der Waals surface area contributed by atoms with Crippen LogP contribution in [-0.2, 0) is 0 Å². The third kappa shape index (κ3) is 153. The largest absolute Gasteiger partial charge is 0.331 e. The molecule has 2 heteroatoms. The number of halogens is 1. The van der Waals surface area contributed by atoms with Crippen molar-refractivity contribution >= 4 is 22.6 Å². The van der Waals surface area contributed by atoms with Crippen LogP contribution < -0.4 is 0 Å². The van der Waals surface area contributed by atoms with E-state index >= 15 is 0 Å². The predicted octanol–water partition coefficient (Wildman–Crippen LogP) is 1.64. The summed E-state index contributed by atoms with van der Waals surface area (Å²) in [6.07, 6.45) is 0. The van der Waals surface area contributed by atoms with E-state index in [1.165, 1.54) is 0 Å². The molecule has 0 bridgehead atoms. The van der Waals surface area contributed by atoms with E-state index in [2.05, 4.69) is 29.5 Å². The van der Waals surface area contributed by atoms with Crippen LogP contribution in [0.5, 0.6) is 0 Å². The topological polar surface area (TPSA) is 0 Å². The zero-order valence-electron chi connectivity index (χ0n) is 3.37. The van der Waals surface area contributed by atoms with Gasteiger partial charge in [0.2, 0.25) is 0 Å². The van der Waals surface area contributed by atoms with E-state index in [1.54, 1.807) is 0 Å². The van der Waals surface area contributed by atoms with Crippen molar-refractivity contribution in [2.45, 2.75) is 10.8 Å². The monoisotopic (exact) mass is 436 g/mol. The number of hydrogen-bond donors (Lipinski definition) is 0. The van der Waals surface area contributed by atoms with Crippen LogP contribution in [-0.4, -0.2) is 3.92 Å². The second kappa shape index (κ2) is 3.73. The molecule has 0 aliphatic rings. The molecule has 0 rings (SSSR count). The molecular formula is C3H6IRf-. The van der Waals surface area contributed by atoms with Gasteiger partial charge in [-0.05, 0) is 0 Å². The van der Waals surface area contributed by atoms with Gasteiger partial charge < -0.3 is 6.92 Å². The van der Waals surface area contributed by atoms with Crippen LogP contribution in [0.4, 0.5) is 0 Å². The van der Waals surface area contributed by atoms with Gasteiger partial charge in [0.25, 0.3) is 0 Å². The van der Waals surface area contributed by atoms with E-state index in [0.717, 1.165) is 0 Å². The van der Waals surface area contributed by atoms with Crippen LogP contribution in [0, 0.1) is 6.92 Å². The molecule has 0 amide bonds. The quantitative estimate of drug-likeness (QED) is 0.308. The zero-order chi connectivity index (χ0) is 3.58. The summed E-state index contributed by atoms with van der Waals surface area (Å²) >= 11 is 2.23. The predicted molar refractivity (Wildman–Crippen MR) is 28.8 cm³/mol. The molecule has 1 atom stereocenters. The average molecular weight is 436 g/mol. The molecule has 0 aromatic carbocycles. The Labute approximate surface area is 40.7 Å². The third-order valence-corrected chi connectivity index (χ3v) is 0. The van der Waals surface area contributed by atoms with Crippen LogP contribution in [0.25, 0.3) is 0 Å². The number of hydrogen-bond acceptors (Lipinski definition) is 0. The van der Waals surface area contributed by atoms with Crippen LogP contribution in [0.15, 0.2) is 0 Å². The fourth-order valence-electron chi connectivity index (χ4n) is 0. The van der Waals surface area contributed by atoms with E-state index in [9.17, 15) is 0 Å². The first kappa shape index (κ1) is 8.83. The molecule has 0 radical (unpaired) electrons. The van der Waals surface area contributed by atoms with Crippen LogP contribution in [0.3, 0.4) is 0 Å². The Kier molecular flexibility index (Phi) is 6.59. The van der Waals surface area contributed by atoms with Crippen LogP contribution in [0.1, 0.15) is 6.92 Å². The molecule has 1 unspecified atom stereocenters. The summed E-state index contributed by atoms with van der Waals surface area (Å²) in [5.41, 5.74) is 0. The first-order chi connectivity index (χ1) is 1.73. The molecule has 0 saturated heterocycles. The van der Waals surface area contributed by atoms with Crippen LogP contribution >= 0.6 is 22.6 Å². The summed E-state index contributed by atoms with van der Waals surface area (Å²) in [5.74, 6) is 0. The summed E-state index contributed by atoms with van der Waals surface area (Å²) in [4.78, 5) is 0. The second-order valence-corrected chi connectivity index (χ2v) is 2.91. The van der Waals surface area contributed by atoms with Crippen molar-refractivity contribution in [3.63, 3.8) is 0 Å². The molecule has 5 heavy (non-hydrogen) atoms. The van der Waals surface area contributed by atoms with Gasteiger partial charge in [-0.25, -0.2) is 0 Å². The Morgan fingerprint density at radius 3 is 1.80 bits per heavy atom. The maximum atomic E-state index is 3.63. The first-order valence-corrected chi connectivity index (χ1v) is 2.45. The Hall–Kier alpha value is -0.270. The SMILES string of the molecule is [CH2-]C(C)I.[Rf]. The van der Waals surface area contributed by atoms with Gasteiger partial charge in [0.1, 0.15) is 0 Å². The average Bonchev–Trinajstić information content (AvgIpc) is 0.811. The minimum Gasteiger partial charge on any atom is -0.331 e.